The highest BCUT2D eigenvalue weighted by Gasteiger charge is 2.17. The summed E-state index contributed by atoms with van der Waals surface area (Å²) in [5.74, 6) is -0.532. The van der Waals surface area contributed by atoms with Crippen molar-refractivity contribution >= 4 is 29.2 Å². The fraction of sp³-hybridized carbons (Fsp3) is 0.278. The van der Waals surface area contributed by atoms with Crippen LogP contribution in [-0.2, 0) is 0 Å². The first-order valence-electron chi connectivity index (χ1n) is 8.00. The first-order valence-corrected chi connectivity index (χ1v) is 8.38. The van der Waals surface area contributed by atoms with Gasteiger partial charge in [0.05, 0.1) is 5.02 Å². The average molecular weight is 361 g/mol. The lowest BCUT2D eigenvalue weighted by Gasteiger charge is -2.24. The second-order valence-electron chi connectivity index (χ2n) is 5.92. The number of nitrogens with zero attached hydrogens (tertiary/aromatic N) is 3. The van der Waals surface area contributed by atoms with Gasteiger partial charge in [-0.25, -0.2) is 14.4 Å². The van der Waals surface area contributed by atoms with Gasteiger partial charge in [-0.1, -0.05) is 17.7 Å². The Balaban J connectivity index is 1.79. The van der Waals surface area contributed by atoms with Gasteiger partial charge in [0.15, 0.2) is 0 Å². The van der Waals surface area contributed by atoms with Gasteiger partial charge in [-0.2, -0.15) is 0 Å². The summed E-state index contributed by atoms with van der Waals surface area (Å²) in [6, 6.07) is 8.08. The van der Waals surface area contributed by atoms with Crippen LogP contribution in [-0.4, -0.2) is 40.9 Å². The van der Waals surface area contributed by atoms with Gasteiger partial charge in [0.1, 0.15) is 23.0 Å². The summed E-state index contributed by atoms with van der Waals surface area (Å²) in [5.41, 5.74) is 1.09. The maximum Gasteiger partial charge on any atom is 0.276 e. The lowest BCUT2D eigenvalue weighted by atomic mass is 10.0. The fourth-order valence-corrected chi connectivity index (χ4v) is 2.85. The molecule has 25 heavy (non-hydrogen) atoms. The molecule has 0 spiro atoms. The van der Waals surface area contributed by atoms with Gasteiger partial charge in [-0.15, -0.1) is 0 Å². The summed E-state index contributed by atoms with van der Waals surface area (Å²) in [4.78, 5) is 22.6. The maximum absolute atomic E-state index is 14.7. The Morgan fingerprint density at radius 2 is 2.00 bits per heavy atom. The van der Waals surface area contributed by atoms with Crippen LogP contribution in [0.2, 0.25) is 5.02 Å². The summed E-state index contributed by atoms with van der Waals surface area (Å²) >= 11 is 5.97. The van der Waals surface area contributed by atoms with Gasteiger partial charge >= 0.3 is 0 Å². The van der Waals surface area contributed by atoms with E-state index in [2.05, 4.69) is 20.2 Å². The number of nitrogens with one attached hydrogen (secondary N) is 1. The first-order chi connectivity index (χ1) is 12.0. The van der Waals surface area contributed by atoms with E-state index >= 15 is 0 Å². The Kier molecular flexibility index (Phi) is 5.40. The molecule has 3 rings (SSSR count). The molecule has 1 aliphatic heterocycles. The van der Waals surface area contributed by atoms with Gasteiger partial charge in [0.2, 0.25) is 0 Å². The standard InChI is InChI=1S/C18H18ClFN4O/c1-24-10-7-12(8-11-24)16(20)14-5-2-6-15(22-14)23-18(25)17-13(19)4-3-9-21-17/h2-6,9H,7-8,10-11H2,1H3,(H,22,23,25). The zero-order chi connectivity index (χ0) is 17.8. The number of halogens is 2. The molecule has 1 amide bonds. The molecule has 1 N–H and O–H groups in total. The Morgan fingerprint density at radius 3 is 2.72 bits per heavy atom. The summed E-state index contributed by atoms with van der Waals surface area (Å²) < 4.78 is 14.7. The predicted octanol–water partition coefficient (Wildman–Crippen LogP) is 3.79. The molecule has 7 heteroatoms. The second kappa shape index (κ2) is 7.72. The molecule has 0 aliphatic carbocycles. The van der Waals surface area contributed by atoms with E-state index in [1.807, 2.05) is 7.05 Å². The van der Waals surface area contributed by atoms with E-state index in [0.29, 0.717) is 12.8 Å². The average Bonchev–Trinajstić information content (AvgIpc) is 2.62. The van der Waals surface area contributed by atoms with Crippen LogP contribution in [0.4, 0.5) is 10.2 Å². The van der Waals surface area contributed by atoms with E-state index in [9.17, 15) is 9.18 Å². The lowest BCUT2D eigenvalue weighted by molar-refractivity contribution is 0.102. The summed E-state index contributed by atoms with van der Waals surface area (Å²) in [7, 11) is 2.02. The van der Waals surface area contributed by atoms with Crippen LogP contribution in [0.25, 0.3) is 5.83 Å². The Hall–Kier alpha value is -2.31. The highest BCUT2D eigenvalue weighted by molar-refractivity contribution is 6.34. The van der Waals surface area contributed by atoms with Crippen LogP contribution in [0.5, 0.6) is 0 Å². The van der Waals surface area contributed by atoms with E-state index in [1.165, 1.54) is 6.20 Å². The van der Waals surface area contributed by atoms with Crippen molar-refractivity contribution < 1.29 is 9.18 Å². The highest BCUT2D eigenvalue weighted by atomic mass is 35.5. The number of amides is 1. The van der Waals surface area contributed by atoms with Crippen LogP contribution >= 0.6 is 11.6 Å². The lowest BCUT2D eigenvalue weighted by Crippen LogP contribution is -2.26. The number of hydrogen-bond acceptors (Lipinski definition) is 4. The van der Waals surface area contributed by atoms with Crippen molar-refractivity contribution in [1.82, 2.24) is 14.9 Å². The minimum Gasteiger partial charge on any atom is -0.306 e. The number of likely N-dealkylation sites (tertiary alicyclic amines) is 1. The van der Waals surface area contributed by atoms with Crippen LogP contribution in [0.15, 0.2) is 42.1 Å². The van der Waals surface area contributed by atoms with Gasteiger partial charge in [0, 0.05) is 19.3 Å². The molecule has 2 aromatic rings. The Labute approximate surface area is 150 Å². The van der Waals surface area contributed by atoms with Gasteiger partial charge in [-0.3, -0.25) is 4.79 Å². The van der Waals surface area contributed by atoms with E-state index in [-0.39, 0.29) is 28.1 Å². The minimum absolute atomic E-state index is 0.102. The van der Waals surface area contributed by atoms with E-state index in [1.54, 1.807) is 30.3 Å². The molecule has 5 nitrogen and oxygen atoms in total. The van der Waals surface area contributed by atoms with E-state index in [0.717, 1.165) is 18.7 Å². The third kappa shape index (κ3) is 4.21. The van der Waals surface area contributed by atoms with Crippen molar-refractivity contribution in [3.63, 3.8) is 0 Å². The molecular weight excluding hydrogens is 343 g/mol. The summed E-state index contributed by atoms with van der Waals surface area (Å²) in [6.07, 6.45) is 2.85. The molecule has 0 aromatic carbocycles. The molecule has 0 atom stereocenters. The molecule has 1 fully saturated rings. The highest BCUT2D eigenvalue weighted by Crippen LogP contribution is 2.27. The topological polar surface area (TPSA) is 58.1 Å². The van der Waals surface area contributed by atoms with Crippen molar-refractivity contribution in [2.24, 2.45) is 0 Å². The second-order valence-corrected chi connectivity index (χ2v) is 6.32. The monoisotopic (exact) mass is 360 g/mol. The third-order valence-corrected chi connectivity index (χ3v) is 4.40. The molecule has 1 saturated heterocycles. The van der Waals surface area contributed by atoms with Crippen molar-refractivity contribution in [3.05, 3.63) is 58.5 Å². The molecule has 0 radical (unpaired) electrons. The zero-order valence-corrected chi connectivity index (χ0v) is 14.6. The molecule has 3 heterocycles. The van der Waals surface area contributed by atoms with Crippen LogP contribution < -0.4 is 5.32 Å². The molecule has 1 aliphatic rings. The summed E-state index contributed by atoms with van der Waals surface area (Å²) in [6.45, 7) is 1.66. The van der Waals surface area contributed by atoms with Gasteiger partial charge < -0.3 is 10.2 Å². The SMILES string of the molecule is CN1CCC(=C(F)c2cccc(NC(=O)c3ncccc3Cl)n2)CC1. The van der Waals surface area contributed by atoms with Crippen molar-refractivity contribution in [2.45, 2.75) is 12.8 Å². The zero-order valence-electron chi connectivity index (χ0n) is 13.8. The molecule has 2 aromatic heterocycles. The quantitative estimate of drug-likeness (QED) is 0.904. The number of aromatic nitrogens is 2. The number of rotatable bonds is 3. The van der Waals surface area contributed by atoms with Crippen LogP contribution in [0.1, 0.15) is 29.0 Å². The van der Waals surface area contributed by atoms with Crippen molar-refractivity contribution in [2.75, 3.05) is 25.5 Å². The van der Waals surface area contributed by atoms with E-state index < -0.39 is 5.91 Å². The minimum atomic E-state index is -0.484. The number of anilines is 1. The predicted molar refractivity (Wildman–Crippen MR) is 96.2 cm³/mol. The molecular formula is C18H18ClFN4O. The van der Waals surface area contributed by atoms with Crippen LogP contribution in [0.3, 0.4) is 0 Å². The number of hydrogen-bond donors (Lipinski definition) is 1. The van der Waals surface area contributed by atoms with Gasteiger partial charge in [-0.05, 0) is 49.7 Å². The molecule has 0 unspecified atom stereocenters. The summed E-state index contributed by atoms with van der Waals surface area (Å²) in [5, 5.41) is 2.86. The maximum atomic E-state index is 14.7. The largest absolute Gasteiger partial charge is 0.306 e. The van der Waals surface area contributed by atoms with Crippen molar-refractivity contribution in [1.29, 1.82) is 0 Å². The molecule has 0 bridgehead atoms. The number of pyridine rings is 2. The normalized spacial score (nSPS) is 15.1. The number of carbonyl (C=O) groups excluding carboxylic acids is 1. The van der Waals surface area contributed by atoms with Crippen molar-refractivity contribution in [3.8, 4) is 0 Å². The smallest absolute Gasteiger partial charge is 0.276 e. The number of piperidine rings is 1. The first kappa shape index (κ1) is 17.5. The Morgan fingerprint density at radius 1 is 1.24 bits per heavy atom. The Bertz CT molecular complexity index is 814. The van der Waals surface area contributed by atoms with E-state index in [4.69, 9.17) is 11.6 Å². The van der Waals surface area contributed by atoms with Crippen LogP contribution in [0, 0.1) is 0 Å². The number of carbonyl (C=O) groups is 1. The fourth-order valence-electron chi connectivity index (χ4n) is 2.64. The molecule has 130 valence electrons. The van der Waals surface area contributed by atoms with Gasteiger partial charge in [0.25, 0.3) is 5.91 Å². The molecule has 0 saturated carbocycles. The third-order valence-electron chi connectivity index (χ3n) is 4.09.